The van der Waals surface area contributed by atoms with Gasteiger partial charge in [-0.15, -0.1) is 0 Å². The summed E-state index contributed by atoms with van der Waals surface area (Å²) < 4.78 is 0. The van der Waals surface area contributed by atoms with Crippen LogP contribution in [0.1, 0.15) is 91.9 Å². The van der Waals surface area contributed by atoms with Gasteiger partial charge in [0.25, 0.3) is 0 Å². The smallest absolute Gasteiger partial charge is 0.0756 e. The van der Waals surface area contributed by atoms with E-state index in [9.17, 15) is 10.2 Å². The molecular formula is C27H44O2. The molecule has 0 bridgehead atoms. The van der Waals surface area contributed by atoms with Crippen LogP contribution < -0.4 is 0 Å². The van der Waals surface area contributed by atoms with E-state index in [1.807, 2.05) is 0 Å². The maximum Gasteiger partial charge on any atom is 0.0756 e. The summed E-state index contributed by atoms with van der Waals surface area (Å²) in [4.78, 5) is 0. The van der Waals surface area contributed by atoms with Crippen molar-refractivity contribution in [3.63, 3.8) is 0 Å². The number of hydrogen-bond donors (Lipinski definition) is 2. The fourth-order valence-corrected chi connectivity index (χ4v) is 6.61. The van der Waals surface area contributed by atoms with Crippen molar-refractivity contribution in [3.8, 4) is 0 Å². The zero-order valence-electron chi connectivity index (χ0n) is 19.3. The second-order valence-corrected chi connectivity index (χ2v) is 11.0. The molecule has 3 aliphatic rings. The van der Waals surface area contributed by atoms with Crippen molar-refractivity contribution >= 4 is 0 Å². The highest BCUT2D eigenvalue weighted by molar-refractivity contribution is 5.37. The van der Waals surface area contributed by atoms with Gasteiger partial charge in [-0.25, -0.2) is 0 Å². The number of rotatable bonds is 6. The second-order valence-electron chi connectivity index (χ2n) is 11.0. The van der Waals surface area contributed by atoms with E-state index in [1.165, 1.54) is 43.3 Å². The Bertz CT molecular complexity index is 643. The van der Waals surface area contributed by atoms with Crippen molar-refractivity contribution in [1.82, 2.24) is 0 Å². The molecule has 3 saturated carbocycles. The highest BCUT2D eigenvalue weighted by Gasteiger charge is 2.52. The largest absolute Gasteiger partial charge is 0.393 e. The van der Waals surface area contributed by atoms with Gasteiger partial charge in [-0.3, -0.25) is 0 Å². The molecule has 3 rings (SSSR count). The minimum absolute atomic E-state index is 0.241. The third-order valence-corrected chi connectivity index (χ3v) is 8.45. The Morgan fingerprint density at radius 3 is 2.55 bits per heavy atom. The van der Waals surface area contributed by atoms with Gasteiger partial charge in [-0.2, -0.15) is 0 Å². The second kappa shape index (κ2) is 9.52. The lowest BCUT2D eigenvalue weighted by molar-refractivity contribution is 0.0442. The molecule has 0 spiro atoms. The average Bonchev–Trinajstić information content (AvgIpc) is 3.01. The first-order valence-electron chi connectivity index (χ1n) is 12.2. The van der Waals surface area contributed by atoms with Crippen molar-refractivity contribution in [2.45, 2.75) is 104 Å². The first-order chi connectivity index (χ1) is 13.7. The first kappa shape index (κ1) is 22.8. The van der Waals surface area contributed by atoms with E-state index in [1.54, 1.807) is 0 Å². The van der Waals surface area contributed by atoms with Crippen LogP contribution in [0.4, 0.5) is 0 Å². The monoisotopic (exact) mass is 400 g/mol. The Morgan fingerprint density at radius 1 is 1.07 bits per heavy atom. The van der Waals surface area contributed by atoms with Gasteiger partial charge in [0.05, 0.1) is 12.2 Å². The summed E-state index contributed by atoms with van der Waals surface area (Å²) >= 11 is 0. The summed E-state index contributed by atoms with van der Waals surface area (Å²) in [5.41, 5.74) is 3.90. The maximum absolute atomic E-state index is 10.8. The van der Waals surface area contributed by atoms with Gasteiger partial charge in [0.2, 0.25) is 0 Å². The van der Waals surface area contributed by atoms with Crippen LogP contribution in [-0.4, -0.2) is 22.4 Å². The van der Waals surface area contributed by atoms with Crippen LogP contribution in [0, 0.1) is 29.1 Å². The van der Waals surface area contributed by atoms with Crippen LogP contribution >= 0.6 is 0 Å². The van der Waals surface area contributed by atoms with Gasteiger partial charge in [0.15, 0.2) is 0 Å². The number of fused-ring (bicyclic) bond motifs is 1. The third-order valence-electron chi connectivity index (χ3n) is 8.45. The molecule has 6 atom stereocenters. The van der Waals surface area contributed by atoms with E-state index in [0.29, 0.717) is 17.8 Å². The summed E-state index contributed by atoms with van der Waals surface area (Å²) in [7, 11) is 0. The third kappa shape index (κ3) is 5.07. The molecule has 0 amide bonds. The summed E-state index contributed by atoms with van der Waals surface area (Å²) in [6, 6.07) is 0. The molecule has 0 heterocycles. The van der Waals surface area contributed by atoms with Crippen molar-refractivity contribution in [3.05, 3.63) is 35.5 Å². The van der Waals surface area contributed by atoms with Crippen LogP contribution in [0.2, 0.25) is 0 Å². The van der Waals surface area contributed by atoms with Crippen molar-refractivity contribution in [2.24, 2.45) is 29.1 Å². The minimum Gasteiger partial charge on any atom is -0.393 e. The Kier molecular flexibility index (Phi) is 7.49. The molecule has 3 aliphatic carbocycles. The van der Waals surface area contributed by atoms with Crippen molar-refractivity contribution < 1.29 is 10.2 Å². The summed E-state index contributed by atoms with van der Waals surface area (Å²) in [6.45, 7) is 13.8. The van der Waals surface area contributed by atoms with Crippen LogP contribution in [0.15, 0.2) is 35.5 Å². The molecule has 0 aromatic rings. The van der Waals surface area contributed by atoms with Gasteiger partial charge in [-0.1, -0.05) is 71.3 Å². The average molecular weight is 401 g/mol. The highest BCUT2D eigenvalue weighted by Crippen LogP contribution is 2.60. The fraction of sp³-hybridized carbons (Fsp3) is 0.778. The van der Waals surface area contributed by atoms with Crippen LogP contribution in [0.5, 0.6) is 0 Å². The summed E-state index contributed by atoms with van der Waals surface area (Å²) in [5, 5.41) is 20.9. The Labute approximate surface area is 179 Å². The lowest BCUT2D eigenvalue weighted by atomic mass is 9.60. The molecule has 0 unspecified atom stereocenters. The van der Waals surface area contributed by atoms with Gasteiger partial charge >= 0.3 is 0 Å². The van der Waals surface area contributed by atoms with Gasteiger partial charge < -0.3 is 10.2 Å². The number of aliphatic hydroxyl groups is 2. The lowest BCUT2D eigenvalue weighted by Gasteiger charge is -2.46. The Morgan fingerprint density at radius 2 is 1.83 bits per heavy atom. The predicted octanol–water partition coefficient (Wildman–Crippen LogP) is 6.59. The number of allylic oxidation sites excluding steroid dienone is 3. The molecule has 2 heteroatoms. The molecule has 164 valence electrons. The van der Waals surface area contributed by atoms with E-state index in [4.69, 9.17) is 0 Å². The normalized spacial score (nSPS) is 39.3. The van der Waals surface area contributed by atoms with Crippen LogP contribution in [0.3, 0.4) is 0 Å². The van der Waals surface area contributed by atoms with E-state index in [2.05, 4.69) is 46.4 Å². The highest BCUT2D eigenvalue weighted by atomic mass is 16.3. The van der Waals surface area contributed by atoms with Gasteiger partial charge in [0.1, 0.15) is 0 Å². The van der Waals surface area contributed by atoms with E-state index >= 15 is 0 Å². The summed E-state index contributed by atoms with van der Waals surface area (Å²) in [5.74, 6) is 2.85. The van der Waals surface area contributed by atoms with E-state index < -0.39 is 0 Å². The van der Waals surface area contributed by atoms with Gasteiger partial charge in [0, 0.05) is 0 Å². The summed E-state index contributed by atoms with van der Waals surface area (Å²) in [6.07, 6.45) is 14.8. The molecule has 3 fully saturated rings. The van der Waals surface area contributed by atoms with Gasteiger partial charge in [-0.05, 0) is 85.2 Å². The van der Waals surface area contributed by atoms with E-state index in [0.717, 1.165) is 49.0 Å². The van der Waals surface area contributed by atoms with Crippen LogP contribution in [-0.2, 0) is 0 Å². The number of hydrogen-bond acceptors (Lipinski definition) is 2. The molecule has 2 nitrogen and oxygen atoms in total. The quantitative estimate of drug-likeness (QED) is 0.528. The Hall–Kier alpha value is -0.860. The fourth-order valence-electron chi connectivity index (χ4n) is 6.61. The maximum atomic E-state index is 10.8. The predicted molar refractivity (Wildman–Crippen MR) is 123 cm³/mol. The molecular weight excluding hydrogens is 356 g/mol. The Balaban J connectivity index is 1.75. The zero-order chi connectivity index (χ0) is 21.2. The SMILES string of the molecule is C=C1CC[C@H](O)C/C1=C/C=C1/[C@H](O)CC[C@]2(C)[C@@H]([C@H](C)CCCC(C)C)CC[C@@H]12. The minimum atomic E-state index is -0.304. The topological polar surface area (TPSA) is 40.5 Å². The molecule has 0 radical (unpaired) electrons. The van der Waals surface area contributed by atoms with E-state index in [-0.39, 0.29) is 12.2 Å². The lowest BCUT2D eigenvalue weighted by Crippen LogP contribution is -2.40. The van der Waals surface area contributed by atoms with Crippen molar-refractivity contribution in [2.75, 3.05) is 0 Å². The molecule has 29 heavy (non-hydrogen) atoms. The molecule has 0 aliphatic heterocycles. The molecule has 0 aromatic heterocycles. The molecule has 0 aromatic carbocycles. The van der Waals surface area contributed by atoms with Crippen LogP contribution in [0.25, 0.3) is 0 Å². The van der Waals surface area contributed by atoms with Crippen molar-refractivity contribution in [1.29, 1.82) is 0 Å². The molecule has 0 saturated heterocycles. The first-order valence-corrected chi connectivity index (χ1v) is 12.2. The standard InChI is InChI=1S/C27H44O2/c1-18(2)7-6-8-20(4)24-13-14-25-23(26(29)15-16-27(24,25)5)12-10-21-17-22(28)11-9-19(21)3/h10,12,18,20,22,24-26,28-29H,3,6-9,11,13-17H2,1-2,4-5H3/b21-10-,23-12+/t20-,22+,24-,25+,26-,27-/m1/s1. The molecule has 2 N–H and O–H groups in total. The zero-order valence-corrected chi connectivity index (χ0v) is 19.3. The number of aliphatic hydroxyl groups excluding tert-OH is 2.